The minimum atomic E-state index is -0.0647. The topological polar surface area (TPSA) is 0 Å². The second kappa shape index (κ2) is 14.1. The Morgan fingerprint density at radius 1 is 0.259 bits per heavy atom. The van der Waals surface area contributed by atoms with Gasteiger partial charge in [0.2, 0.25) is 0 Å². The first-order chi connectivity index (χ1) is 27.3. The highest BCUT2D eigenvalue weighted by Gasteiger charge is 2.27. The van der Waals surface area contributed by atoms with Crippen LogP contribution >= 0.6 is 0 Å². The minimum absolute atomic E-state index is 0.0139. The van der Waals surface area contributed by atoms with E-state index in [9.17, 15) is 0 Å². The fourth-order valence-electron chi connectivity index (χ4n) is 8.75. The average Bonchev–Trinajstić information content (AvgIpc) is 3.18. The molecule has 0 saturated carbocycles. The van der Waals surface area contributed by atoms with Crippen molar-refractivity contribution in [2.45, 2.75) is 105 Å². The molecule has 0 aliphatic rings. The molecule has 0 nitrogen and oxygen atoms in total. The molecule has 0 unspecified atom stereocenters. The summed E-state index contributed by atoms with van der Waals surface area (Å²) in [6.45, 7) is 27.8. The Bertz CT molecular complexity index is 2790. The fourth-order valence-corrected chi connectivity index (χ4v) is 8.75. The maximum absolute atomic E-state index is 2.55. The molecule has 0 spiro atoms. The number of hydrogen-bond acceptors (Lipinski definition) is 0. The van der Waals surface area contributed by atoms with E-state index in [0.29, 0.717) is 0 Å². The van der Waals surface area contributed by atoms with Crippen molar-refractivity contribution in [3.63, 3.8) is 0 Å². The van der Waals surface area contributed by atoms with Crippen LogP contribution in [0.15, 0.2) is 146 Å². The molecule has 0 heterocycles. The summed E-state index contributed by atoms with van der Waals surface area (Å²) in [5.74, 6) is 0. The molecule has 8 rings (SSSR count). The van der Waals surface area contributed by atoms with Gasteiger partial charge < -0.3 is 0 Å². The van der Waals surface area contributed by atoms with Gasteiger partial charge in [-0.05, 0) is 145 Å². The molecule has 0 atom stereocenters. The summed E-state index contributed by atoms with van der Waals surface area (Å²) in [6, 6.07) is 55.9. The standard InChI is InChI=1S/C58H60/c1-55(2,3)41-27-23-37(24-28-41)46-34-44(58(10,11)12)35-49-47(46)36-50-51(38-19-15-13-16-20-38)48-33-43(57(7,8)9)31-32-45(48)52(40-25-29-42(30-26-40)56(4,5)6)54(50)53(49)39-21-17-14-18-22-39/h13-36H,1-12H3. The highest BCUT2D eigenvalue weighted by Crippen LogP contribution is 2.52. The highest BCUT2D eigenvalue weighted by molar-refractivity contribution is 6.30. The largest absolute Gasteiger partial charge is 0.0622 e. The lowest BCUT2D eigenvalue weighted by molar-refractivity contribution is 0.590. The van der Waals surface area contributed by atoms with Gasteiger partial charge in [0.15, 0.2) is 0 Å². The molecule has 0 N–H and O–H groups in total. The van der Waals surface area contributed by atoms with Gasteiger partial charge >= 0.3 is 0 Å². The Morgan fingerprint density at radius 2 is 0.655 bits per heavy atom. The monoisotopic (exact) mass is 756 g/mol. The minimum Gasteiger partial charge on any atom is -0.0622 e. The first kappa shape index (κ1) is 39.4. The van der Waals surface area contributed by atoms with Crippen molar-refractivity contribution in [3.05, 3.63) is 168 Å². The molecular weight excluding hydrogens is 697 g/mol. The second-order valence-corrected chi connectivity index (χ2v) is 20.7. The van der Waals surface area contributed by atoms with Gasteiger partial charge in [-0.3, -0.25) is 0 Å². The van der Waals surface area contributed by atoms with E-state index in [2.05, 4.69) is 229 Å². The zero-order valence-corrected chi connectivity index (χ0v) is 36.9. The van der Waals surface area contributed by atoms with Gasteiger partial charge in [0.05, 0.1) is 0 Å². The molecule has 8 aromatic carbocycles. The molecule has 0 radical (unpaired) electrons. The normalized spacial score (nSPS) is 12.8. The van der Waals surface area contributed by atoms with E-state index in [1.807, 2.05) is 0 Å². The van der Waals surface area contributed by atoms with Gasteiger partial charge in [0.25, 0.3) is 0 Å². The van der Waals surface area contributed by atoms with Crippen molar-refractivity contribution in [2.24, 2.45) is 0 Å². The van der Waals surface area contributed by atoms with Crippen LogP contribution in [0, 0.1) is 0 Å². The maximum Gasteiger partial charge on any atom is -0.000764 e. The van der Waals surface area contributed by atoms with Crippen molar-refractivity contribution in [3.8, 4) is 44.5 Å². The summed E-state index contributed by atoms with van der Waals surface area (Å²) in [5.41, 5.74) is 15.5. The number of hydrogen-bond donors (Lipinski definition) is 0. The Morgan fingerprint density at radius 3 is 1.16 bits per heavy atom. The van der Waals surface area contributed by atoms with Gasteiger partial charge in [0, 0.05) is 0 Å². The van der Waals surface area contributed by atoms with Crippen LogP contribution in [0.4, 0.5) is 0 Å². The quantitative estimate of drug-likeness (QED) is 0.157. The summed E-state index contributed by atoms with van der Waals surface area (Å²) < 4.78 is 0. The van der Waals surface area contributed by atoms with E-state index in [-0.39, 0.29) is 21.7 Å². The van der Waals surface area contributed by atoms with Crippen LogP contribution in [0.2, 0.25) is 0 Å². The molecule has 0 fully saturated rings. The van der Waals surface area contributed by atoms with Crippen LogP contribution in [-0.4, -0.2) is 0 Å². The molecule has 292 valence electrons. The van der Waals surface area contributed by atoms with E-state index in [0.717, 1.165) is 0 Å². The van der Waals surface area contributed by atoms with Crippen LogP contribution in [0.5, 0.6) is 0 Å². The highest BCUT2D eigenvalue weighted by atomic mass is 14.3. The maximum atomic E-state index is 2.55. The SMILES string of the molecule is CC(C)(C)c1ccc(-c2cc(C(C)(C)C)cc3c(-c4ccccc4)c4c(-c5ccc(C(C)(C)C)cc5)c5ccc(C(C)(C)C)cc5c(-c5ccccc5)c4cc23)cc1. The third-order valence-electron chi connectivity index (χ3n) is 12.3. The van der Waals surface area contributed by atoms with Crippen molar-refractivity contribution < 1.29 is 0 Å². The van der Waals surface area contributed by atoms with Gasteiger partial charge in [-0.1, -0.05) is 204 Å². The molecule has 0 aliphatic heterocycles. The third-order valence-corrected chi connectivity index (χ3v) is 12.3. The zero-order valence-electron chi connectivity index (χ0n) is 36.9. The van der Waals surface area contributed by atoms with E-state index in [1.165, 1.54) is 99.1 Å². The van der Waals surface area contributed by atoms with Crippen LogP contribution in [-0.2, 0) is 21.7 Å². The number of benzene rings is 8. The van der Waals surface area contributed by atoms with Crippen molar-refractivity contribution in [2.75, 3.05) is 0 Å². The predicted molar refractivity (Wildman–Crippen MR) is 256 cm³/mol. The van der Waals surface area contributed by atoms with E-state index in [4.69, 9.17) is 0 Å². The van der Waals surface area contributed by atoms with Gasteiger partial charge in [-0.25, -0.2) is 0 Å². The first-order valence-electron chi connectivity index (χ1n) is 21.2. The number of rotatable bonds is 4. The summed E-state index contributed by atoms with van der Waals surface area (Å²) in [5, 5.41) is 7.73. The lowest BCUT2D eigenvalue weighted by Gasteiger charge is -2.27. The van der Waals surface area contributed by atoms with Gasteiger partial charge in [-0.15, -0.1) is 0 Å². The Hall–Kier alpha value is -5.46. The van der Waals surface area contributed by atoms with Gasteiger partial charge in [-0.2, -0.15) is 0 Å². The molecule has 0 aliphatic carbocycles. The van der Waals surface area contributed by atoms with Crippen LogP contribution in [0.3, 0.4) is 0 Å². The van der Waals surface area contributed by atoms with E-state index < -0.39 is 0 Å². The van der Waals surface area contributed by atoms with Gasteiger partial charge in [0.1, 0.15) is 0 Å². The molecule has 8 aromatic rings. The van der Waals surface area contributed by atoms with Crippen LogP contribution in [0.1, 0.15) is 105 Å². The molecule has 0 heteroatoms. The Balaban J connectivity index is 1.67. The molecular formula is C58H60. The lowest BCUT2D eigenvalue weighted by atomic mass is 9.76. The molecule has 0 bridgehead atoms. The van der Waals surface area contributed by atoms with Crippen molar-refractivity contribution in [1.29, 1.82) is 0 Å². The summed E-state index contributed by atoms with van der Waals surface area (Å²) in [7, 11) is 0. The van der Waals surface area contributed by atoms with E-state index >= 15 is 0 Å². The number of fused-ring (bicyclic) bond motifs is 3. The Kier molecular flexibility index (Phi) is 9.59. The smallest absolute Gasteiger partial charge is 0.000764 e. The van der Waals surface area contributed by atoms with Crippen molar-refractivity contribution in [1.82, 2.24) is 0 Å². The molecule has 0 aromatic heterocycles. The van der Waals surface area contributed by atoms with Crippen molar-refractivity contribution >= 4 is 32.3 Å². The fraction of sp³-hybridized carbons (Fsp3) is 0.276. The lowest BCUT2D eigenvalue weighted by Crippen LogP contribution is -2.12. The molecule has 58 heavy (non-hydrogen) atoms. The Labute approximate surface area is 348 Å². The van der Waals surface area contributed by atoms with Crippen LogP contribution < -0.4 is 0 Å². The third kappa shape index (κ3) is 7.17. The second-order valence-electron chi connectivity index (χ2n) is 20.7. The summed E-state index contributed by atoms with van der Waals surface area (Å²) in [4.78, 5) is 0. The predicted octanol–water partition coefficient (Wildman–Crippen LogP) is 17.0. The average molecular weight is 757 g/mol. The molecule has 0 saturated heterocycles. The molecule has 0 amide bonds. The van der Waals surface area contributed by atoms with Crippen LogP contribution in [0.25, 0.3) is 76.8 Å². The first-order valence-corrected chi connectivity index (χ1v) is 21.2. The summed E-state index contributed by atoms with van der Waals surface area (Å²) >= 11 is 0. The zero-order chi connectivity index (χ0) is 41.4. The van der Waals surface area contributed by atoms with E-state index in [1.54, 1.807) is 0 Å². The summed E-state index contributed by atoms with van der Waals surface area (Å²) in [6.07, 6.45) is 0.